The van der Waals surface area contributed by atoms with Gasteiger partial charge in [0.05, 0.1) is 6.61 Å². The van der Waals surface area contributed by atoms with Gasteiger partial charge in [-0.25, -0.2) is 0 Å². The molecule has 0 atom stereocenters. The third-order valence-corrected chi connectivity index (χ3v) is 2.70. The monoisotopic (exact) mass is 260 g/mol. The first-order valence-electron chi connectivity index (χ1n) is 6.66. The molecule has 0 amide bonds. The minimum absolute atomic E-state index is 0.659. The Hall–Kier alpha value is -1.58. The molecular weight excluding hydrogens is 236 g/mol. The normalized spacial score (nSPS) is 10.4. The summed E-state index contributed by atoms with van der Waals surface area (Å²) in [5, 5.41) is 0. The molecule has 1 aromatic carbocycles. The molecule has 0 aromatic heterocycles. The second-order valence-electron chi connectivity index (χ2n) is 4.41. The second-order valence-corrected chi connectivity index (χ2v) is 4.41. The maximum absolute atomic E-state index is 5.65. The van der Waals surface area contributed by atoms with Crippen LogP contribution >= 0.6 is 0 Å². The third-order valence-electron chi connectivity index (χ3n) is 2.70. The zero-order valence-corrected chi connectivity index (χ0v) is 11.6. The first kappa shape index (κ1) is 15.5. The van der Waals surface area contributed by atoms with Gasteiger partial charge in [0.15, 0.2) is 0 Å². The predicted molar refractivity (Wildman–Crippen MR) is 81.3 cm³/mol. The lowest BCUT2D eigenvalue weighted by Crippen LogP contribution is -2.23. The molecule has 0 spiro atoms. The fourth-order valence-corrected chi connectivity index (χ4v) is 1.83. The molecule has 1 aromatic rings. The third kappa shape index (κ3) is 6.22. The molecule has 3 nitrogen and oxygen atoms in total. The topological polar surface area (TPSA) is 38.5 Å². The summed E-state index contributed by atoms with van der Waals surface area (Å²) < 4.78 is 5.65. The number of nitrogens with two attached hydrogens (primary N) is 1. The van der Waals surface area contributed by atoms with Crippen LogP contribution in [0.2, 0.25) is 0 Å². The number of nitrogens with zero attached hydrogens (tertiary/aromatic N) is 1. The van der Waals surface area contributed by atoms with Crippen LogP contribution in [0.5, 0.6) is 5.75 Å². The quantitative estimate of drug-likeness (QED) is 0.519. The Morgan fingerprint density at radius 1 is 1.21 bits per heavy atom. The van der Waals surface area contributed by atoms with E-state index in [0.717, 1.165) is 31.8 Å². The summed E-state index contributed by atoms with van der Waals surface area (Å²) in [5.41, 5.74) is 6.68. The number of benzene rings is 1. The Labute approximate surface area is 116 Å². The molecule has 0 aliphatic carbocycles. The van der Waals surface area contributed by atoms with Gasteiger partial charge in [-0.2, -0.15) is 0 Å². The van der Waals surface area contributed by atoms with Crippen LogP contribution in [-0.4, -0.2) is 31.1 Å². The van der Waals surface area contributed by atoms with Crippen LogP contribution in [0.25, 0.3) is 0 Å². The van der Waals surface area contributed by atoms with Crippen LogP contribution in [0, 0.1) is 0 Å². The molecule has 0 saturated heterocycles. The second kappa shape index (κ2) is 9.36. The fraction of sp³-hybridized carbons (Fsp3) is 0.375. The number of hydrogen-bond acceptors (Lipinski definition) is 3. The SMILES string of the molecule is C=CCN(CC=C)Cc1cccc(OCCCN)c1. The van der Waals surface area contributed by atoms with Gasteiger partial charge in [-0.05, 0) is 30.7 Å². The van der Waals surface area contributed by atoms with Crippen LogP contribution in [0.4, 0.5) is 0 Å². The molecule has 3 heteroatoms. The van der Waals surface area contributed by atoms with E-state index in [1.807, 2.05) is 24.3 Å². The number of ether oxygens (including phenoxy) is 1. The van der Waals surface area contributed by atoms with Crippen molar-refractivity contribution in [3.05, 3.63) is 55.1 Å². The van der Waals surface area contributed by atoms with Gasteiger partial charge in [-0.15, -0.1) is 13.2 Å². The fourth-order valence-electron chi connectivity index (χ4n) is 1.83. The van der Waals surface area contributed by atoms with E-state index in [4.69, 9.17) is 10.5 Å². The molecule has 0 aliphatic heterocycles. The van der Waals surface area contributed by atoms with E-state index in [2.05, 4.69) is 30.2 Å². The Bertz CT molecular complexity index is 380. The molecule has 19 heavy (non-hydrogen) atoms. The molecule has 0 unspecified atom stereocenters. The Morgan fingerprint density at radius 3 is 2.58 bits per heavy atom. The highest BCUT2D eigenvalue weighted by molar-refractivity contribution is 5.28. The highest BCUT2D eigenvalue weighted by Gasteiger charge is 2.03. The highest BCUT2D eigenvalue weighted by Crippen LogP contribution is 2.15. The van der Waals surface area contributed by atoms with Crippen molar-refractivity contribution in [3.63, 3.8) is 0 Å². The largest absolute Gasteiger partial charge is 0.494 e. The molecule has 2 N–H and O–H groups in total. The first-order valence-corrected chi connectivity index (χ1v) is 6.66. The minimum atomic E-state index is 0.659. The average molecular weight is 260 g/mol. The van der Waals surface area contributed by atoms with Gasteiger partial charge in [-0.3, -0.25) is 4.90 Å². The van der Waals surface area contributed by atoms with Gasteiger partial charge in [-0.1, -0.05) is 24.3 Å². The van der Waals surface area contributed by atoms with Gasteiger partial charge in [0.2, 0.25) is 0 Å². The van der Waals surface area contributed by atoms with Crippen molar-refractivity contribution >= 4 is 0 Å². The van der Waals surface area contributed by atoms with Crippen LogP contribution in [0.1, 0.15) is 12.0 Å². The maximum atomic E-state index is 5.65. The summed E-state index contributed by atoms with van der Waals surface area (Å²) in [6, 6.07) is 8.18. The molecule has 0 heterocycles. The maximum Gasteiger partial charge on any atom is 0.119 e. The standard InChI is InChI=1S/C16H24N2O/c1-3-10-18(11-4-2)14-15-7-5-8-16(13-15)19-12-6-9-17/h3-5,7-8,13H,1-2,6,9-12,14,17H2. The lowest BCUT2D eigenvalue weighted by molar-refractivity contribution is 0.309. The molecule has 0 bridgehead atoms. The van der Waals surface area contributed by atoms with Crippen LogP contribution in [0.15, 0.2) is 49.6 Å². The van der Waals surface area contributed by atoms with Crippen molar-refractivity contribution in [2.45, 2.75) is 13.0 Å². The molecular formula is C16H24N2O. The zero-order valence-electron chi connectivity index (χ0n) is 11.6. The summed E-state index contributed by atoms with van der Waals surface area (Å²) in [4.78, 5) is 2.26. The van der Waals surface area contributed by atoms with E-state index < -0.39 is 0 Å². The van der Waals surface area contributed by atoms with Gasteiger partial charge in [0, 0.05) is 19.6 Å². The van der Waals surface area contributed by atoms with Gasteiger partial charge in [0.25, 0.3) is 0 Å². The number of hydrogen-bond donors (Lipinski definition) is 1. The lowest BCUT2D eigenvalue weighted by Gasteiger charge is -2.19. The molecule has 0 saturated carbocycles. The first-order chi connectivity index (χ1) is 9.30. The minimum Gasteiger partial charge on any atom is -0.494 e. The van der Waals surface area contributed by atoms with E-state index in [1.54, 1.807) is 0 Å². The summed E-state index contributed by atoms with van der Waals surface area (Å²) >= 11 is 0. The van der Waals surface area contributed by atoms with Gasteiger partial charge >= 0.3 is 0 Å². The summed E-state index contributed by atoms with van der Waals surface area (Å²) in [7, 11) is 0. The molecule has 0 fully saturated rings. The molecule has 1 rings (SSSR count). The smallest absolute Gasteiger partial charge is 0.119 e. The van der Waals surface area contributed by atoms with Crippen molar-refractivity contribution in [2.24, 2.45) is 5.73 Å². The molecule has 0 aliphatic rings. The van der Waals surface area contributed by atoms with Crippen molar-refractivity contribution in [3.8, 4) is 5.75 Å². The Morgan fingerprint density at radius 2 is 1.95 bits per heavy atom. The van der Waals surface area contributed by atoms with Crippen LogP contribution in [0.3, 0.4) is 0 Å². The zero-order chi connectivity index (χ0) is 13.9. The Balaban J connectivity index is 2.58. The van der Waals surface area contributed by atoms with E-state index in [-0.39, 0.29) is 0 Å². The summed E-state index contributed by atoms with van der Waals surface area (Å²) in [6.07, 6.45) is 4.69. The number of rotatable bonds is 10. The Kier molecular flexibility index (Phi) is 7.63. The van der Waals surface area contributed by atoms with Crippen LogP contribution < -0.4 is 10.5 Å². The van der Waals surface area contributed by atoms with E-state index >= 15 is 0 Å². The summed E-state index contributed by atoms with van der Waals surface area (Å²) in [6.45, 7) is 11.5. The van der Waals surface area contributed by atoms with Gasteiger partial charge in [0.1, 0.15) is 5.75 Å². The molecule has 104 valence electrons. The van der Waals surface area contributed by atoms with E-state index in [0.29, 0.717) is 13.2 Å². The van der Waals surface area contributed by atoms with Crippen molar-refractivity contribution in [1.82, 2.24) is 4.90 Å². The van der Waals surface area contributed by atoms with E-state index in [9.17, 15) is 0 Å². The average Bonchev–Trinajstić information content (AvgIpc) is 2.40. The van der Waals surface area contributed by atoms with Crippen molar-refractivity contribution < 1.29 is 4.74 Å². The summed E-state index contributed by atoms with van der Waals surface area (Å²) in [5.74, 6) is 0.906. The highest BCUT2D eigenvalue weighted by atomic mass is 16.5. The van der Waals surface area contributed by atoms with Gasteiger partial charge < -0.3 is 10.5 Å². The van der Waals surface area contributed by atoms with Crippen molar-refractivity contribution in [1.29, 1.82) is 0 Å². The molecule has 0 radical (unpaired) electrons. The lowest BCUT2D eigenvalue weighted by atomic mass is 10.2. The van der Waals surface area contributed by atoms with E-state index in [1.165, 1.54) is 5.56 Å². The van der Waals surface area contributed by atoms with Crippen LogP contribution in [-0.2, 0) is 6.54 Å². The van der Waals surface area contributed by atoms with Crippen molar-refractivity contribution in [2.75, 3.05) is 26.2 Å². The predicted octanol–water partition coefficient (Wildman–Crippen LogP) is 2.59.